The Kier molecular flexibility index (Phi) is 7.57. The predicted octanol–water partition coefficient (Wildman–Crippen LogP) is 4.14. The number of benzene rings is 1. The van der Waals surface area contributed by atoms with E-state index >= 15 is 0 Å². The highest BCUT2D eigenvalue weighted by Crippen LogP contribution is 2.34. The average molecular weight is 298 g/mol. The van der Waals surface area contributed by atoms with E-state index < -0.39 is 0 Å². The molecule has 1 N–H and O–H groups in total. The molecule has 1 fully saturated rings. The van der Waals surface area contributed by atoms with Gasteiger partial charge in [0.25, 0.3) is 0 Å². The first-order valence-corrected chi connectivity index (χ1v) is 7.74. The Morgan fingerprint density at radius 2 is 1.65 bits per heavy atom. The number of likely N-dealkylation sites (N-methyl/N-ethyl adjacent to an activating group) is 1. The maximum absolute atomic E-state index is 10.3. The summed E-state index contributed by atoms with van der Waals surface area (Å²) in [6.07, 6.45) is 5.05. The Labute approximate surface area is 129 Å². The van der Waals surface area contributed by atoms with Crippen molar-refractivity contribution in [2.45, 2.75) is 51.6 Å². The van der Waals surface area contributed by atoms with Gasteiger partial charge in [0.15, 0.2) is 0 Å². The quantitative estimate of drug-likeness (QED) is 0.853. The van der Waals surface area contributed by atoms with Crippen LogP contribution in [0, 0.1) is 0 Å². The molecule has 1 atom stereocenters. The summed E-state index contributed by atoms with van der Waals surface area (Å²) >= 11 is 0. The van der Waals surface area contributed by atoms with Gasteiger partial charge in [-0.3, -0.25) is 0 Å². The van der Waals surface area contributed by atoms with Crippen LogP contribution in [0.3, 0.4) is 0 Å². The molecule has 1 aromatic rings. The second-order valence-electron chi connectivity index (χ2n) is 5.65. The van der Waals surface area contributed by atoms with Gasteiger partial charge in [-0.05, 0) is 43.0 Å². The van der Waals surface area contributed by atoms with Gasteiger partial charge in [0.1, 0.15) is 0 Å². The second kappa shape index (κ2) is 8.66. The maximum atomic E-state index is 10.3. The van der Waals surface area contributed by atoms with Crippen LogP contribution < -0.4 is 0 Å². The highest BCUT2D eigenvalue weighted by Gasteiger charge is 2.17. The van der Waals surface area contributed by atoms with Crippen molar-refractivity contribution in [3.63, 3.8) is 0 Å². The third-order valence-electron chi connectivity index (χ3n) is 4.47. The fraction of sp³-hybridized carbons (Fsp3) is 0.647. The van der Waals surface area contributed by atoms with Gasteiger partial charge >= 0.3 is 0 Å². The van der Waals surface area contributed by atoms with E-state index in [0.717, 1.165) is 31.1 Å². The number of hydrogen-bond donors (Lipinski definition) is 1. The van der Waals surface area contributed by atoms with Crippen molar-refractivity contribution in [3.05, 3.63) is 35.4 Å². The summed E-state index contributed by atoms with van der Waals surface area (Å²) in [5, 5.41) is 10.3. The minimum Gasteiger partial charge on any atom is -0.387 e. The monoisotopic (exact) mass is 297 g/mol. The maximum Gasteiger partial charge on any atom is 0.0916 e. The largest absolute Gasteiger partial charge is 0.387 e. The number of aliphatic hydroxyl groups is 1. The zero-order valence-corrected chi connectivity index (χ0v) is 13.5. The first-order valence-electron chi connectivity index (χ1n) is 7.74. The summed E-state index contributed by atoms with van der Waals surface area (Å²) in [5.41, 5.74) is 2.50. The summed E-state index contributed by atoms with van der Waals surface area (Å²) in [6.45, 7) is 7.00. The molecule has 0 aliphatic heterocycles. The molecule has 0 amide bonds. The number of halogens is 1. The standard InChI is InChI=1S/C17H27NO.ClH/c1-3-18(4-2)13-17(19)16-11-9-15(10-12-16)14-7-5-6-8-14;/h9-12,14,17,19H,3-8,13H2,1-2H3;1H. The molecule has 1 saturated carbocycles. The smallest absolute Gasteiger partial charge is 0.0916 e. The topological polar surface area (TPSA) is 23.5 Å². The van der Waals surface area contributed by atoms with Gasteiger partial charge in [-0.1, -0.05) is 51.0 Å². The number of hydrogen-bond acceptors (Lipinski definition) is 2. The lowest BCUT2D eigenvalue weighted by molar-refractivity contribution is 0.119. The van der Waals surface area contributed by atoms with E-state index in [4.69, 9.17) is 0 Å². The Morgan fingerprint density at radius 1 is 1.10 bits per heavy atom. The van der Waals surface area contributed by atoms with Crippen LogP contribution in [0.2, 0.25) is 0 Å². The third kappa shape index (κ3) is 4.47. The summed E-state index contributed by atoms with van der Waals surface area (Å²) in [6, 6.07) is 8.66. The van der Waals surface area contributed by atoms with Crippen LogP contribution in [0.15, 0.2) is 24.3 Å². The first-order chi connectivity index (χ1) is 9.24. The second-order valence-corrected chi connectivity index (χ2v) is 5.65. The molecule has 0 bridgehead atoms. The van der Waals surface area contributed by atoms with E-state index in [1.54, 1.807) is 0 Å². The van der Waals surface area contributed by atoms with Gasteiger partial charge in [0.2, 0.25) is 0 Å². The average Bonchev–Trinajstić information content (AvgIpc) is 2.99. The molecule has 1 aliphatic carbocycles. The Bertz CT molecular complexity index is 369. The Morgan fingerprint density at radius 3 is 2.15 bits per heavy atom. The lowest BCUT2D eigenvalue weighted by Gasteiger charge is -2.22. The summed E-state index contributed by atoms with van der Waals surface area (Å²) in [4.78, 5) is 2.26. The Hall–Kier alpha value is -0.570. The van der Waals surface area contributed by atoms with Crippen LogP contribution in [0.5, 0.6) is 0 Å². The van der Waals surface area contributed by atoms with E-state index in [-0.39, 0.29) is 18.5 Å². The van der Waals surface area contributed by atoms with Crippen molar-refractivity contribution in [2.24, 2.45) is 0 Å². The van der Waals surface area contributed by atoms with E-state index in [1.807, 2.05) is 0 Å². The van der Waals surface area contributed by atoms with Crippen LogP contribution in [-0.4, -0.2) is 29.6 Å². The summed E-state index contributed by atoms with van der Waals surface area (Å²) < 4.78 is 0. The molecule has 3 heteroatoms. The van der Waals surface area contributed by atoms with Crippen molar-refractivity contribution >= 4 is 12.4 Å². The third-order valence-corrected chi connectivity index (χ3v) is 4.47. The normalized spacial score (nSPS) is 17.2. The molecule has 0 aromatic heterocycles. The molecule has 0 spiro atoms. The minimum absolute atomic E-state index is 0. The fourth-order valence-electron chi connectivity index (χ4n) is 3.08. The zero-order chi connectivity index (χ0) is 13.7. The van der Waals surface area contributed by atoms with E-state index in [0.29, 0.717) is 0 Å². The van der Waals surface area contributed by atoms with Gasteiger partial charge in [0, 0.05) is 6.54 Å². The molecule has 114 valence electrons. The van der Waals surface area contributed by atoms with Crippen molar-refractivity contribution in [1.29, 1.82) is 0 Å². The number of rotatable bonds is 6. The lowest BCUT2D eigenvalue weighted by Crippen LogP contribution is -2.28. The SMILES string of the molecule is CCN(CC)CC(O)c1ccc(C2CCCC2)cc1.Cl. The molecule has 0 saturated heterocycles. The van der Waals surface area contributed by atoms with Crippen molar-refractivity contribution in [3.8, 4) is 0 Å². The first kappa shape index (κ1) is 17.5. The van der Waals surface area contributed by atoms with Crippen molar-refractivity contribution < 1.29 is 5.11 Å². The molecular formula is C17H28ClNO. The minimum atomic E-state index is -0.363. The van der Waals surface area contributed by atoms with Crippen LogP contribution in [0.25, 0.3) is 0 Å². The molecule has 0 heterocycles. The molecule has 1 aliphatic rings. The zero-order valence-electron chi connectivity index (χ0n) is 12.7. The predicted molar refractivity (Wildman–Crippen MR) is 87.6 cm³/mol. The molecule has 2 nitrogen and oxygen atoms in total. The van der Waals surface area contributed by atoms with Gasteiger partial charge in [-0.25, -0.2) is 0 Å². The van der Waals surface area contributed by atoms with Gasteiger partial charge in [-0.2, -0.15) is 0 Å². The van der Waals surface area contributed by atoms with E-state index in [2.05, 4.69) is 43.0 Å². The van der Waals surface area contributed by atoms with Gasteiger partial charge in [0.05, 0.1) is 6.10 Å². The van der Waals surface area contributed by atoms with Gasteiger partial charge < -0.3 is 10.0 Å². The highest BCUT2D eigenvalue weighted by atomic mass is 35.5. The van der Waals surface area contributed by atoms with E-state index in [9.17, 15) is 5.11 Å². The lowest BCUT2D eigenvalue weighted by atomic mass is 9.95. The Balaban J connectivity index is 0.00000200. The molecule has 0 radical (unpaired) electrons. The van der Waals surface area contributed by atoms with Crippen LogP contribution >= 0.6 is 12.4 Å². The van der Waals surface area contributed by atoms with Crippen molar-refractivity contribution in [1.82, 2.24) is 4.90 Å². The molecule has 20 heavy (non-hydrogen) atoms. The van der Waals surface area contributed by atoms with Crippen LogP contribution in [0.1, 0.15) is 62.7 Å². The molecule has 2 rings (SSSR count). The molecule has 1 unspecified atom stereocenters. The molecule has 1 aromatic carbocycles. The van der Waals surface area contributed by atoms with E-state index in [1.165, 1.54) is 31.2 Å². The number of nitrogens with zero attached hydrogens (tertiary/aromatic N) is 1. The highest BCUT2D eigenvalue weighted by molar-refractivity contribution is 5.85. The summed E-state index contributed by atoms with van der Waals surface area (Å²) in [5.74, 6) is 0.758. The van der Waals surface area contributed by atoms with Crippen molar-refractivity contribution in [2.75, 3.05) is 19.6 Å². The van der Waals surface area contributed by atoms with Crippen LogP contribution in [-0.2, 0) is 0 Å². The van der Waals surface area contributed by atoms with Gasteiger partial charge in [-0.15, -0.1) is 12.4 Å². The summed E-state index contributed by atoms with van der Waals surface area (Å²) in [7, 11) is 0. The fourth-order valence-corrected chi connectivity index (χ4v) is 3.08. The molecular weight excluding hydrogens is 270 g/mol. The van der Waals surface area contributed by atoms with Crippen LogP contribution in [0.4, 0.5) is 0 Å². The number of aliphatic hydroxyl groups excluding tert-OH is 1.